The number of carbonyl (C=O) groups is 1. The van der Waals surface area contributed by atoms with E-state index in [2.05, 4.69) is 15.1 Å². The SMILES string of the molecule is Cc1cc(C)n(-c2nc(CC3CCC(F)(F)C3)cc(C(N)=O)n2)n1. The molecule has 2 heterocycles. The molecule has 1 fully saturated rings. The third-order valence-electron chi connectivity index (χ3n) is 4.22. The van der Waals surface area contributed by atoms with E-state index >= 15 is 0 Å². The van der Waals surface area contributed by atoms with Crippen LogP contribution in [0.3, 0.4) is 0 Å². The van der Waals surface area contributed by atoms with Crippen LogP contribution in [0.25, 0.3) is 5.95 Å². The van der Waals surface area contributed by atoms with Crippen molar-refractivity contribution in [2.45, 2.75) is 45.5 Å². The smallest absolute Gasteiger partial charge is 0.267 e. The Hall–Kier alpha value is -2.38. The van der Waals surface area contributed by atoms with Gasteiger partial charge in [-0.05, 0) is 44.7 Å². The third kappa shape index (κ3) is 3.42. The fourth-order valence-corrected chi connectivity index (χ4v) is 3.15. The summed E-state index contributed by atoms with van der Waals surface area (Å²) in [6, 6.07) is 3.34. The summed E-state index contributed by atoms with van der Waals surface area (Å²) in [4.78, 5) is 20.1. The molecule has 1 atom stereocenters. The number of alkyl halides is 2. The van der Waals surface area contributed by atoms with Crippen LogP contribution in [0.1, 0.15) is 46.8 Å². The first kappa shape index (κ1) is 16.5. The Bertz CT molecular complexity index is 787. The number of primary amides is 1. The van der Waals surface area contributed by atoms with E-state index in [1.54, 1.807) is 0 Å². The number of halogens is 2. The zero-order valence-corrected chi connectivity index (χ0v) is 13.6. The first-order valence-electron chi connectivity index (χ1n) is 7.83. The van der Waals surface area contributed by atoms with Crippen molar-refractivity contribution < 1.29 is 13.6 Å². The summed E-state index contributed by atoms with van der Waals surface area (Å²) in [5, 5.41) is 4.30. The second-order valence-corrected chi connectivity index (χ2v) is 6.42. The highest BCUT2D eigenvalue weighted by Gasteiger charge is 2.39. The van der Waals surface area contributed by atoms with E-state index in [4.69, 9.17) is 5.73 Å². The van der Waals surface area contributed by atoms with Gasteiger partial charge in [-0.3, -0.25) is 4.79 Å². The maximum Gasteiger partial charge on any atom is 0.267 e. The van der Waals surface area contributed by atoms with Crippen molar-refractivity contribution in [3.63, 3.8) is 0 Å². The molecule has 0 bridgehead atoms. The molecule has 0 saturated heterocycles. The van der Waals surface area contributed by atoms with E-state index in [0.29, 0.717) is 18.5 Å². The molecule has 1 unspecified atom stereocenters. The van der Waals surface area contributed by atoms with Gasteiger partial charge in [0.05, 0.1) is 5.69 Å². The quantitative estimate of drug-likeness (QED) is 0.929. The molecule has 8 heteroatoms. The fraction of sp³-hybridized carbons (Fsp3) is 0.500. The third-order valence-corrected chi connectivity index (χ3v) is 4.22. The van der Waals surface area contributed by atoms with Gasteiger partial charge in [-0.1, -0.05) is 0 Å². The molecular weight excluding hydrogens is 316 g/mol. The van der Waals surface area contributed by atoms with Gasteiger partial charge in [0, 0.05) is 24.2 Å². The van der Waals surface area contributed by atoms with Crippen molar-refractivity contribution in [1.29, 1.82) is 0 Å². The molecule has 24 heavy (non-hydrogen) atoms. The average molecular weight is 335 g/mol. The number of rotatable bonds is 4. The number of nitrogens with two attached hydrogens (primary N) is 1. The zero-order chi connectivity index (χ0) is 17.5. The lowest BCUT2D eigenvalue weighted by atomic mass is 10.0. The normalized spacial score (nSPS) is 19.6. The summed E-state index contributed by atoms with van der Waals surface area (Å²) in [6.45, 7) is 3.68. The van der Waals surface area contributed by atoms with Crippen LogP contribution in [-0.2, 0) is 6.42 Å². The number of carbonyl (C=O) groups excluding carboxylic acids is 1. The van der Waals surface area contributed by atoms with Crippen molar-refractivity contribution in [3.8, 4) is 5.95 Å². The summed E-state index contributed by atoms with van der Waals surface area (Å²) in [6.07, 6.45) is 0.552. The second kappa shape index (κ2) is 5.92. The van der Waals surface area contributed by atoms with Crippen LogP contribution in [-0.4, -0.2) is 31.6 Å². The monoisotopic (exact) mass is 335 g/mol. The van der Waals surface area contributed by atoms with Gasteiger partial charge in [0.15, 0.2) is 0 Å². The van der Waals surface area contributed by atoms with Crippen molar-refractivity contribution >= 4 is 5.91 Å². The summed E-state index contributed by atoms with van der Waals surface area (Å²) in [5.41, 5.74) is 7.54. The molecule has 0 aliphatic heterocycles. The molecule has 1 saturated carbocycles. The molecule has 0 aromatic carbocycles. The van der Waals surface area contributed by atoms with E-state index in [1.807, 2.05) is 19.9 Å². The minimum atomic E-state index is -2.61. The molecule has 0 spiro atoms. The summed E-state index contributed by atoms with van der Waals surface area (Å²) >= 11 is 0. The first-order chi connectivity index (χ1) is 11.2. The largest absolute Gasteiger partial charge is 0.364 e. The molecule has 6 nitrogen and oxygen atoms in total. The van der Waals surface area contributed by atoms with Crippen LogP contribution < -0.4 is 5.73 Å². The molecule has 128 valence electrons. The maximum absolute atomic E-state index is 13.4. The Balaban J connectivity index is 1.95. The van der Waals surface area contributed by atoms with Crippen molar-refractivity contribution in [2.75, 3.05) is 0 Å². The lowest BCUT2D eigenvalue weighted by molar-refractivity contribution is 0.00504. The lowest BCUT2D eigenvalue weighted by Gasteiger charge is -2.12. The number of aryl methyl sites for hydroxylation is 2. The Kier molecular flexibility index (Phi) is 4.06. The van der Waals surface area contributed by atoms with Gasteiger partial charge < -0.3 is 5.73 Å². The molecule has 2 N–H and O–H groups in total. The Labute approximate surface area is 138 Å². The van der Waals surface area contributed by atoms with Crippen LogP contribution in [0.4, 0.5) is 8.78 Å². The number of hydrogen-bond donors (Lipinski definition) is 1. The zero-order valence-electron chi connectivity index (χ0n) is 13.6. The maximum atomic E-state index is 13.4. The van der Waals surface area contributed by atoms with Crippen LogP contribution in [0.15, 0.2) is 12.1 Å². The highest BCUT2D eigenvalue weighted by atomic mass is 19.3. The van der Waals surface area contributed by atoms with Crippen molar-refractivity contribution in [2.24, 2.45) is 11.7 Å². The second-order valence-electron chi connectivity index (χ2n) is 6.42. The fourth-order valence-electron chi connectivity index (χ4n) is 3.15. The Morgan fingerprint density at radius 1 is 1.38 bits per heavy atom. The van der Waals surface area contributed by atoms with Crippen LogP contribution in [0, 0.1) is 19.8 Å². The van der Waals surface area contributed by atoms with Crippen LogP contribution >= 0.6 is 0 Å². The van der Waals surface area contributed by atoms with E-state index in [1.165, 1.54) is 10.7 Å². The number of amides is 1. The predicted molar refractivity (Wildman–Crippen MR) is 83.1 cm³/mol. The number of hydrogen-bond acceptors (Lipinski definition) is 4. The highest BCUT2D eigenvalue weighted by molar-refractivity contribution is 5.90. The molecule has 1 aliphatic carbocycles. The number of aromatic nitrogens is 4. The van der Waals surface area contributed by atoms with Gasteiger partial charge >= 0.3 is 0 Å². The highest BCUT2D eigenvalue weighted by Crippen LogP contribution is 2.40. The van der Waals surface area contributed by atoms with Gasteiger partial charge in [0.1, 0.15) is 5.69 Å². The topological polar surface area (TPSA) is 86.7 Å². The van der Waals surface area contributed by atoms with Crippen molar-refractivity contribution in [3.05, 3.63) is 34.9 Å². The standard InChI is InChI=1S/C16H19F2N5O/c1-9-5-10(2)23(22-9)15-20-12(7-13(21-15)14(19)24)6-11-3-4-16(17,18)8-11/h5,7,11H,3-4,6,8H2,1-2H3,(H2,19,24). The van der Waals surface area contributed by atoms with Gasteiger partial charge in [0.2, 0.25) is 5.92 Å². The summed E-state index contributed by atoms with van der Waals surface area (Å²) in [5.74, 6) is -3.22. The van der Waals surface area contributed by atoms with E-state index in [-0.39, 0.29) is 30.4 Å². The first-order valence-corrected chi connectivity index (χ1v) is 7.83. The Morgan fingerprint density at radius 3 is 2.67 bits per heavy atom. The van der Waals surface area contributed by atoms with E-state index in [9.17, 15) is 13.6 Å². The average Bonchev–Trinajstić information content (AvgIpc) is 3.00. The van der Waals surface area contributed by atoms with E-state index < -0.39 is 11.8 Å². The van der Waals surface area contributed by atoms with Gasteiger partial charge in [0.25, 0.3) is 11.9 Å². The van der Waals surface area contributed by atoms with Gasteiger partial charge in [-0.15, -0.1) is 0 Å². The number of nitrogens with zero attached hydrogens (tertiary/aromatic N) is 4. The molecule has 2 aromatic rings. The minimum absolute atomic E-state index is 0.0623. The van der Waals surface area contributed by atoms with Crippen LogP contribution in [0.2, 0.25) is 0 Å². The molecule has 1 aliphatic rings. The molecular formula is C16H19F2N5O. The van der Waals surface area contributed by atoms with E-state index in [0.717, 1.165) is 11.4 Å². The molecule has 1 amide bonds. The van der Waals surface area contributed by atoms with Crippen LogP contribution in [0.5, 0.6) is 0 Å². The molecule has 3 rings (SSSR count). The Morgan fingerprint density at radius 2 is 2.12 bits per heavy atom. The van der Waals surface area contributed by atoms with Gasteiger partial charge in [-0.25, -0.2) is 23.4 Å². The van der Waals surface area contributed by atoms with Crippen molar-refractivity contribution in [1.82, 2.24) is 19.7 Å². The lowest BCUT2D eigenvalue weighted by Crippen LogP contribution is -2.18. The summed E-state index contributed by atoms with van der Waals surface area (Å²) in [7, 11) is 0. The summed E-state index contributed by atoms with van der Waals surface area (Å²) < 4.78 is 28.3. The molecule has 2 aromatic heterocycles. The predicted octanol–water partition coefficient (Wildman–Crippen LogP) is 2.36. The minimum Gasteiger partial charge on any atom is -0.364 e. The van der Waals surface area contributed by atoms with Gasteiger partial charge in [-0.2, -0.15) is 5.10 Å². The molecule has 0 radical (unpaired) electrons.